The van der Waals surface area contributed by atoms with Gasteiger partial charge < -0.3 is 13.9 Å². The smallest absolute Gasteiger partial charge is 0.230 e. The summed E-state index contributed by atoms with van der Waals surface area (Å²) in [6.45, 7) is 8.29. The summed E-state index contributed by atoms with van der Waals surface area (Å²) in [5.41, 5.74) is 1.65. The number of rotatable bonds is 4. The average molecular weight is 318 g/mol. The molecule has 23 heavy (non-hydrogen) atoms. The molecule has 1 amide bonds. The minimum atomic E-state index is -0.292. The van der Waals surface area contributed by atoms with E-state index in [-0.39, 0.29) is 17.9 Å². The highest BCUT2D eigenvalue weighted by molar-refractivity contribution is 5.84. The molecule has 1 aliphatic heterocycles. The summed E-state index contributed by atoms with van der Waals surface area (Å²) >= 11 is 0. The maximum atomic E-state index is 13.0. The van der Waals surface area contributed by atoms with E-state index in [9.17, 15) is 4.79 Å². The van der Waals surface area contributed by atoms with Crippen LogP contribution in [0.1, 0.15) is 67.4 Å². The lowest BCUT2D eigenvalue weighted by molar-refractivity contribution is -0.133. The molecule has 0 N–H and O–H groups in total. The zero-order chi connectivity index (χ0) is 16.6. The summed E-state index contributed by atoms with van der Waals surface area (Å²) in [5, 5.41) is 8.00. The van der Waals surface area contributed by atoms with Crippen LogP contribution in [0.4, 0.5) is 0 Å². The molecule has 2 aromatic rings. The van der Waals surface area contributed by atoms with E-state index in [0.29, 0.717) is 30.4 Å². The lowest BCUT2D eigenvalue weighted by Crippen LogP contribution is -2.34. The van der Waals surface area contributed by atoms with Crippen LogP contribution in [0, 0.1) is 13.8 Å². The van der Waals surface area contributed by atoms with Crippen molar-refractivity contribution in [1.82, 2.24) is 20.2 Å². The third kappa shape index (κ3) is 2.75. The van der Waals surface area contributed by atoms with Gasteiger partial charge in [-0.2, -0.15) is 4.98 Å². The van der Waals surface area contributed by atoms with Gasteiger partial charge in [0.1, 0.15) is 5.76 Å². The second kappa shape index (κ2) is 6.14. The summed E-state index contributed by atoms with van der Waals surface area (Å²) in [6, 6.07) is -0.102. The monoisotopic (exact) mass is 318 g/mol. The molecule has 0 saturated carbocycles. The van der Waals surface area contributed by atoms with Gasteiger partial charge >= 0.3 is 0 Å². The number of carbonyl (C=O) groups is 1. The number of carbonyl (C=O) groups excluding carboxylic acids is 1. The van der Waals surface area contributed by atoms with Crippen molar-refractivity contribution < 1.29 is 13.8 Å². The van der Waals surface area contributed by atoms with Gasteiger partial charge in [-0.05, 0) is 33.6 Å². The van der Waals surface area contributed by atoms with Gasteiger partial charge in [0.05, 0.1) is 17.7 Å². The maximum absolute atomic E-state index is 13.0. The van der Waals surface area contributed by atoms with Gasteiger partial charge in [0.2, 0.25) is 11.8 Å². The van der Waals surface area contributed by atoms with Crippen LogP contribution >= 0.6 is 0 Å². The molecule has 0 bridgehead atoms. The summed E-state index contributed by atoms with van der Waals surface area (Å²) in [7, 11) is 0. The number of hydrogen-bond acceptors (Lipinski definition) is 6. The van der Waals surface area contributed by atoms with Crippen molar-refractivity contribution in [2.24, 2.45) is 0 Å². The average Bonchev–Trinajstić information content (AvgIpc) is 3.25. The SMILES string of the molecule is CCc1nc([C@@H]2CCCN2C(=O)[C@@H](C)c2c(C)noc2C)no1. The lowest BCUT2D eigenvalue weighted by Gasteiger charge is -2.25. The number of aryl methyl sites for hydroxylation is 3. The third-order valence-corrected chi connectivity index (χ3v) is 4.51. The Morgan fingerprint density at radius 3 is 2.74 bits per heavy atom. The standard InChI is InChI=1S/C16H22N4O3/c1-5-13-17-15(19-23-13)12-7-6-8-20(12)16(21)9(2)14-10(3)18-22-11(14)4/h9,12H,5-8H2,1-4H3/t9-,12-/m0/s1. The van der Waals surface area contributed by atoms with Crippen molar-refractivity contribution >= 4 is 5.91 Å². The lowest BCUT2D eigenvalue weighted by atomic mass is 9.97. The summed E-state index contributed by atoms with van der Waals surface area (Å²) in [5.74, 6) is 1.69. The highest BCUT2D eigenvalue weighted by Gasteiger charge is 2.37. The van der Waals surface area contributed by atoms with E-state index < -0.39 is 0 Å². The number of likely N-dealkylation sites (tertiary alicyclic amines) is 1. The van der Waals surface area contributed by atoms with Crippen LogP contribution in [0.3, 0.4) is 0 Å². The van der Waals surface area contributed by atoms with Gasteiger partial charge in [0.15, 0.2) is 5.82 Å². The first-order valence-electron chi connectivity index (χ1n) is 8.08. The third-order valence-electron chi connectivity index (χ3n) is 4.51. The van der Waals surface area contributed by atoms with Crippen LogP contribution < -0.4 is 0 Å². The molecule has 0 unspecified atom stereocenters. The first kappa shape index (κ1) is 15.7. The molecule has 0 aromatic carbocycles. The second-order valence-corrected chi connectivity index (χ2v) is 6.05. The van der Waals surface area contributed by atoms with E-state index in [1.165, 1.54) is 0 Å². The van der Waals surface area contributed by atoms with Gasteiger partial charge in [0.25, 0.3) is 0 Å². The van der Waals surface area contributed by atoms with Gasteiger partial charge in [-0.15, -0.1) is 0 Å². The Kier molecular flexibility index (Phi) is 4.19. The first-order valence-corrected chi connectivity index (χ1v) is 8.08. The maximum Gasteiger partial charge on any atom is 0.230 e. The minimum absolute atomic E-state index is 0.0600. The van der Waals surface area contributed by atoms with Crippen LogP contribution in [-0.2, 0) is 11.2 Å². The Balaban J connectivity index is 1.83. The fraction of sp³-hybridized carbons (Fsp3) is 0.625. The molecule has 7 heteroatoms. The molecule has 2 atom stereocenters. The zero-order valence-corrected chi connectivity index (χ0v) is 14.0. The molecule has 1 aliphatic rings. The Morgan fingerprint density at radius 2 is 2.13 bits per heavy atom. The fourth-order valence-electron chi connectivity index (χ4n) is 3.33. The van der Waals surface area contributed by atoms with Crippen LogP contribution in [0.5, 0.6) is 0 Å². The predicted molar refractivity (Wildman–Crippen MR) is 81.8 cm³/mol. The van der Waals surface area contributed by atoms with E-state index in [1.54, 1.807) is 0 Å². The molecule has 3 heterocycles. The molecule has 1 saturated heterocycles. The quantitative estimate of drug-likeness (QED) is 0.861. The molecule has 124 valence electrons. The Bertz CT molecular complexity index is 686. The Morgan fingerprint density at radius 1 is 1.35 bits per heavy atom. The van der Waals surface area contributed by atoms with Crippen LogP contribution in [0.25, 0.3) is 0 Å². The minimum Gasteiger partial charge on any atom is -0.361 e. The fourth-order valence-corrected chi connectivity index (χ4v) is 3.33. The van der Waals surface area contributed by atoms with Crippen molar-refractivity contribution in [1.29, 1.82) is 0 Å². The Labute approximate surface area is 135 Å². The summed E-state index contributed by atoms with van der Waals surface area (Å²) < 4.78 is 10.4. The van der Waals surface area contributed by atoms with Gasteiger partial charge in [0, 0.05) is 18.5 Å². The van der Waals surface area contributed by atoms with Crippen molar-refractivity contribution in [3.05, 3.63) is 28.7 Å². The molecule has 3 rings (SSSR count). The number of amides is 1. The molecule has 0 radical (unpaired) electrons. The zero-order valence-electron chi connectivity index (χ0n) is 14.0. The first-order chi connectivity index (χ1) is 11.0. The Hall–Kier alpha value is -2.18. The van der Waals surface area contributed by atoms with Gasteiger partial charge in [-0.25, -0.2) is 0 Å². The van der Waals surface area contributed by atoms with E-state index in [1.807, 2.05) is 32.6 Å². The van der Waals surface area contributed by atoms with Crippen molar-refractivity contribution in [3.63, 3.8) is 0 Å². The molecule has 0 aliphatic carbocycles. The summed E-state index contributed by atoms with van der Waals surface area (Å²) in [4.78, 5) is 19.2. The van der Waals surface area contributed by atoms with Crippen LogP contribution in [0.15, 0.2) is 9.05 Å². The summed E-state index contributed by atoms with van der Waals surface area (Å²) in [6.07, 6.45) is 2.51. The van der Waals surface area contributed by atoms with E-state index in [4.69, 9.17) is 9.05 Å². The normalized spacial score (nSPS) is 19.3. The van der Waals surface area contributed by atoms with E-state index in [0.717, 1.165) is 24.1 Å². The molecule has 2 aromatic heterocycles. The molecule has 7 nitrogen and oxygen atoms in total. The van der Waals surface area contributed by atoms with Crippen molar-refractivity contribution in [2.45, 2.75) is 58.9 Å². The molecule has 1 fully saturated rings. The topological polar surface area (TPSA) is 85.3 Å². The molecular formula is C16H22N4O3. The largest absolute Gasteiger partial charge is 0.361 e. The van der Waals surface area contributed by atoms with Crippen LogP contribution in [0.2, 0.25) is 0 Å². The number of hydrogen-bond donors (Lipinski definition) is 0. The van der Waals surface area contributed by atoms with Crippen LogP contribution in [-0.4, -0.2) is 32.6 Å². The second-order valence-electron chi connectivity index (χ2n) is 6.05. The number of nitrogens with zero attached hydrogens (tertiary/aromatic N) is 4. The van der Waals surface area contributed by atoms with E-state index in [2.05, 4.69) is 15.3 Å². The highest BCUT2D eigenvalue weighted by atomic mass is 16.5. The highest BCUT2D eigenvalue weighted by Crippen LogP contribution is 2.34. The number of aromatic nitrogens is 3. The molecular weight excluding hydrogens is 296 g/mol. The van der Waals surface area contributed by atoms with Gasteiger partial charge in [-0.1, -0.05) is 17.2 Å². The van der Waals surface area contributed by atoms with Gasteiger partial charge in [-0.3, -0.25) is 4.79 Å². The van der Waals surface area contributed by atoms with Crippen molar-refractivity contribution in [2.75, 3.05) is 6.54 Å². The predicted octanol–water partition coefficient (Wildman–Crippen LogP) is 2.70. The van der Waals surface area contributed by atoms with E-state index >= 15 is 0 Å². The molecule has 0 spiro atoms. The van der Waals surface area contributed by atoms with Crippen molar-refractivity contribution in [3.8, 4) is 0 Å².